The fraction of sp³-hybridized carbons (Fsp3) is 0.364. The summed E-state index contributed by atoms with van der Waals surface area (Å²) in [5.41, 5.74) is 8.94. The molecule has 9 nitrogen and oxygen atoms in total. The fourth-order valence-electron chi connectivity index (χ4n) is 10.7. The number of rotatable bonds is 21. The van der Waals surface area contributed by atoms with E-state index in [1.165, 1.54) is 16.7 Å². The maximum absolute atomic E-state index is 12.4. The summed E-state index contributed by atoms with van der Waals surface area (Å²) in [7, 11) is 0. The zero-order valence-electron chi connectivity index (χ0n) is 44.7. The summed E-state index contributed by atoms with van der Waals surface area (Å²) in [5, 5.41) is 8.38. The molecule has 2 fully saturated rings. The van der Waals surface area contributed by atoms with Gasteiger partial charge in [0.1, 0.15) is 18.0 Å². The van der Waals surface area contributed by atoms with Gasteiger partial charge in [0.05, 0.1) is 6.61 Å². The van der Waals surface area contributed by atoms with Gasteiger partial charge < -0.3 is 34.6 Å². The van der Waals surface area contributed by atoms with Crippen molar-refractivity contribution >= 4 is 34.0 Å². The number of hydrogen-bond donors (Lipinski definition) is 2. The molecule has 0 saturated carbocycles. The van der Waals surface area contributed by atoms with E-state index >= 15 is 0 Å². The zero-order chi connectivity index (χ0) is 52.1. The molecule has 2 heterocycles. The molecule has 9 rings (SSSR count). The number of carbonyl (C=O) groups excluding carboxylic acids is 2. The van der Waals surface area contributed by atoms with Gasteiger partial charge in [-0.25, -0.2) is 0 Å². The number of amides is 2. The van der Waals surface area contributed by atoms with E-state index in [2.05, 4.69) is 148 Å². The van der Waals surface area contributed by atoms with E-state index in [9.17, 15) is 9.59 Å². The zero-order valence-corrected chi connectivity index (χ0v) is 44.7. The minimum Gasteiger partial charge on any atom is -0.490 e. The molecule has 0 spiro atoms. The monoisotopic (exact) mass is 1000 g/mol. The Morgan fingerprint density at radius 2 is 1.00 bits per heavy atom. The van der Waals surface area contributed by atoms with Crippen molar-refractivity contribution in [2.75, 3.05) is 56.5 Å². The van der Waals surface area contributed by atoms with Crippen molar-refractivity contribution in [1.29, 1.82) is 0 Å². The van der Waals surface area contributed by atoms with E-state index in [4.69, 9.17) is 14.2 Å². The molecule has 7 aromatic rings. The molecule has 0 aliphatic carbocycles. The van der Waals surface area contributed by atoms with Crippen LogP contribution in [0.15, 0.2) is 164 Å². The lowest BCUT2D eigenvalue weighted by atomic mass is 9.89. The maximum atomic E-state index is 12.4. The highest BCUT2D eigenvalue weighted by molar-refractivity contribution is 5.93. The van der Waals surface area contributed by atoms with Crippen LogP contribution in [0.25, 0.3) is 21.9 Å². The van der Waals surface area contributed by atoms with Gasteiger partial charge in [-0.15, -0.1) is 0 Å². The first-order valence-electron chi connectivity index (χ1n) is 27.6. The summed E-state index contributed by atoms with van der Waals surface area (Å²) < 4.78 is 20.1. The molecule has 2 N–H and O–H groups in total. The summed E-state index contributed by atoms with van der Waals surface area (Å²) in [5.74, 6) is 3.30. The summed E-state index contributed by atoms with van der Waals surface area (Å²) in [6.07, 6.45) is 5.69. The predicted octanol–water partition coefficient (Wildman–Crippen LogP) is 14.9. The molecule has 2 aliphatic heterocycles. The second kappa shape index (κ2) is 25.5. The van der Waals surface area contributed by atoms with Gasteiger partial charge in [-0.2, -0.15) is 0 Å². The molecule has 2 saturated heterocycles. The molecule has 390 valence electrons. The number of piperidine rings is 2. The van der Waals surface area contributed by atoms with Gasteiger partial charge in [0.15, 0.2) is 11.5 Å². The van der Waals surface area contributed by atoms with Gasteiger partial charge in [0.25, 0.3) is 0 Å². The van der Waals surface area contributed by atoms with Gasteiger partial charge in [-0.1, -0.05) is 137 Å². The molecule has 75 heavy (non-hydrogen) atoms. The van der Waals surface area contributed by atoms with Crippen molar-refractivity contribution in [1.82, 2.24) is 9.80 Å². The number of anilines is 2. The van der Waals surface area contributed by atoms with Gasteiger partial charge >= 0.3 is 0 Å². The second-order valence-corrected chi connectivity index (χ2v) is 21.2. The molecule has 9 heteroatoms. The highest BCUT2D eigenvalue weighted by Crippen LogP contribution is 2.38. The number of para-hydroxylation sites is 2. The Morgan fingerprint density at radius 3 is 1.59 bits per heavy atom. The first-order valence-corrected chi connectivity index (χ1v) is 27.6. The normalized spacial score (nSPS) is 15.7. The predicted molar refractivity (Wildman–Crippen MR) is 306 cm³/mol. The number of ether oxygens (including phenoxy) is 3. The molecule has 7 aromatic carbocycles. The number of fused-ring (bicyclic) bond motifs is 1. The average molecular weight is 1010 g/mol. The van der Waals surface area contributed by atoms with E-state index in [1.807, 2.05) is 71.0 Å². The second-order valence-electron chi connectivity index (χ2n) is 21.2. The van der Waals surface area contributed by atoms with Crippen molar-refractivity contribution in [2.45, 2.75) is 97.2 Å². The van der Waals surface area contributed by atoms with Crippen LogP contribution in [-0.2, 0) is 9.59 Å². The lowest BCUT2D eigenvalue weighted by molar-refractivity contribution is -0.119. The van der Waals surface area contributed by atoms with E-state index in [1.54, 1.807) is 0 Å². The quantitative estimate of drug-likeness (QED) is 0.0741. The van der Waals surface area contributed by atoms with Gasteiger partial charge in [0, 0.05) is 54.5 Å². The summed E-state index contributed by atoms with van der Waals surface area (Å²) in [6.45, 7) is 16.2. The van der Waals surface area contributed by atoms with Gasteiger partial charge in [-0.05, 0) is 164 Å². The van der Waals surface area contributed by atoms with E-state index < -0.39 is 0 Å². The van der Waals surface area contributed by atoms with Gasteiger partial charge in [-0.3, -0.25) is 9.59 Å². The van der Waals surface area contributed by atoms with Crippen LogP contribution in [0.5, 0.6) is 17.2 Å². The largest absolute Gasteiger partial charge is 0.490 e. The Bertz CT molecular complexity index is 2980. The van der Waals surface area contributed by atoms with Crippen LogP contribution >= 0.6 is 0 Å². The minimum absolute atomic E-state index is 0.0449. The molecule has 2 atom stereocenters. The van der Waals surface area contributed by atoms with Crippen molar-refractivity contribution < 1.29 is 23.8 Å². The highest BCUT2D eigenvalue weighted by Gasteiger charge is 2.26. The summed E-state index contributed by atoms with van der Waals surface area (Å²) >= 11 is 0. The fourth-order valence-corrected chi connectivity index (χ4v) is 10.7. The van der Waals surface area contributed by atoms with Crippen LogP contribution in [0.1, 0.15) is 119 Å². The third kappa shape index (κ3) is 14.1. The Kier molecular flexibility index (Phi) is 18.0. The Balaban J connectivity index is 0.871. The molecule has 2 amide bonds. The van der Waals surface area contributed by atoms with Gasteiger partial charge in [0.2, 0.25) is 11.8 Å². The molecular formula is C66H76N4O5. The molecule has 0 unspecified atom stereocenters. The Morgan fingerprint density at radius 1 is 0.507 bits per heavy atom. The van der Waals surface area contributed by atoms with Crippen molar-refractivity contribution in [3.05, 3.63) is 186 Å². The number of likely N-dealkylation sites (tertiary alicyclic amines) is 2. The number of benzene rings is 7. The molecule has 0 radical (unpaired) electrons. The van der Waals surface area contributed by atoms with Crippen LogP contribution in [-0.4, -0.2) is 67.5 Å². The van der Waals surface area contributed by atoms with E-state index in [0.717, 1.165) is 134 Å². The van der Waals surface area contributed by atoms with E-state index in [-0.39, 0.29) is 35.9 Å². The molecular weight excluding hydrogens is 929 g/mol. The van der Waals surface area contributed by atoms with Crippen LogP contribution in [0, 0.1) is 11.8 Å². The topological polar surface area (TPSA) is 92.4 Å². The third-order valence-corrected chi connectivity index (χ3v) is 15.2. The summed E-state index contributed by atoms with van der Waals surface area (Å²) in [4.78, 5) is 30.0. The van der Waals surface area contributed by atoms with Crippen LogP contribution in [0.2, 0.25) is 0 Å². The smallest absolute Gasteiger partial charge is 0.226 e. The Labute approximate surface area is 445 Å². The molecule has 0 bridgehead atoms. The standard InChI is InChI=1S/C66H76N4O5/c1-6-73-63-25-10-11-26-64(63)75-61(35-41-70-38-32-49(33-39-70)53-20-14-24-58(45-53)68-66(72)47(4)5)56-22-12-18-51(43-56)54-28-29-59-55(42-54)21-15-27-62(59)74-60(50-16-8-7-9-17-50)34-40-69-36-30-48(31-37-69)52-19-13-23-57(44-52)67-65(71)46(2)3/h7-29,42-49,60-61H,6,30-41H2,1-5H3,(H,67,71)(H,68,72)/t60-,61-/m0/s1. The lowest BCUT2D eigenvalue weighted by Gasteiger charge is -2.33. The highest BCUT2D eigenvalue weighted by atomic mass is 16.5. The number of carbonyl (C=O) groups is 2. The maximum Gasteiger partial charge on any atom is 0.226 e. The van der Waals surface area contributed by atoms with E-state index in [0.29, 0.717) is 18.4 Å². The van der Waals surface area contributed by atoms with Crippen molar-refractivity contribution in [2.24, 2.45) is 11.8 Å². The molecule has 2 aliphatic rings. The number of hydrogen-bond acceptors (Lipinski definition) is 7. The van der Waals surface area contributed by atoms with Crippen LogP contribution in [0.3, 0.4) is 0 Å². The van der Waals surface area contributed by atoms with Crippen molar-refractivity contribution in [3.63, 3.8) is 0 Å². The average Bonchev–Trinajstić information content (AvgIpc) is 3.44. The molecule has 0 aromatic heterocycles. The van der Waals surface area contributed by atoms with Crippen LogP contribution in [0.4, 0.5) is 11.4 Å². The number of nitrogens with zero attached hydrogens (tertiary/aromatic N) is 2. The Hall–Kier alpha value is -6.94. The van der Waals surface area contributed by atoms with Crippen LogP contribution < -0.4 is 24.8 Å². The lowest BCUT2D eigenvalue weighted by Crippen LogP contribution is -2.34. The summed E-state index contributed by atoms with van der Waals surface area (Å²) in [6, 6.07) is 57.5. The first kappa shape index (κ1) is 52.9. The van der Waals surface area contributed by atoms with Crippen molar-refractivity contribution in [3.8, 4) is 28.4 Å². The SMILES string of the molecule is CCOc1ccccc1O[C@@H](CCN1CCC(c2cccc(NC(=O)C(C)C)c2)CC1)c1cccc(-c2ccc3c(O[C@@H](CCN4CCC(c5cccc(NC(=O)C(C)C)c5)CC4)c4ccccc4)cccc3c2)c1. The third-order valence-electron chi connectivity index (χ3n) is 15.2. The minimum atomic E-state index is -0.200. The first-order chi connectivity index (χ1) is 36.6. The number of nitrogens with one attached hydrogen (secondary N) is 2.